The van der Waals surface area contributed by atoms with E-state index in [0.29, 0.717) is 87.5 Å². The van der Waals surface area contributed by atoms with Gasteiger partial charge < -0.3 is 46.5 Å². The molecule has 7 aromatic rings. The second-order valence-corrected chi connectivity index (χ2v) is 31.3. The first-order valence-electron chi connectivity index (χ1n) is 34.4. The Hall–Kier alpha value is -10.0. The molecular weight excluding hydrogens is 1360 g/mol. The van der Waals surface area contributed by atoms with Crippen LogP contribution >= 0.6 is 11.3 Å². The molecule has 1 aliphatic heterocycles. The Labute approximate surface area is 599 Å². The number of carboxylic acid groups (broad SMARTS) is 1. The van der Waals surface area contributed by atoms with Gasteiger partial charge >= 0.3 is 18.1 Å². The van der Waals surface area contributed by atoms with E-state index in [2.05, 4.69) is 55.4 Å². The monoisotopic (exact) mass is 1450 g/mol. The van der Waals surface area contributed by atoms with E-state index in [0.717, 1.165) is 52.9 Å². The van der Waals surface area contributed by atoms with Crippen molar-refractivity contribution in [2.45, 2.75) is 143 Å². The third-order valence-electron chi connectivity index (χ3n) is 19.7. The first-order valence-corrected chi connectivity index (χ1v) is 36.8. The van der Waals surface area contributed by atoms with Crippen LogP contribution in [0.1, 0.15) is 137 Å². The van der Waals surface area contributed by atoms with Crippen LogP contribution in [0.2, 0.25) is 0 Å². The third-order valence-corrected chi connectivity index (χ3v) is 21.3. The van der Waals surface area contributed by atoms with Crippen molar-refractivity contribution in [1.29, 1.82) is 0 Å². The van der Waals surface area contributed by atoms with E-state index < -0.39 is 75.9 Å². The number of hydrogen-bond donors (Lipinski definition) is 8. The number of rotatable bonds is 32. The maximum Gasteiger partial charge on any atom is 0.410 e. The van der Waals surface area contributed by atoms with Crippen LogP contribution in [0.25, 0.3) is 43.5 Å². The summed E-state index contributed by atoms with van der Waals surface area (Å²) in [5.41, 5.74) is 8.96. The fraction of sp³-hybridized carbons (Fsp3) is 0.438. The molecule has 4 aliphatic carbocycles. The Morgan fingerprint density at radius 3 is 2.21 bits per heavy atom. The zero-order chi connectivity index (χ0) is 73.6. The highest BCUT2D eigenvalue weighted by Gasteiger charge is 2.66. The molecule has 4 aromatic heterocycles. The van der Waals surface area contributed by atoms with Gasteiger partial charge in [-0.25, -0.2) is 24.4 Å². The normalized spacial score (nSPS) is 20.3. The van der Waals surface area contributed by atoms with Gasteiger partial charge in [0.2, 0.25) is 17.7 Å². The molecule has 4 saturated carbocycles. The number of urea groups is 1. The maximum atomic E-state index is 13.9. The number of imide groups is 1. The average molecular weight is 1450 g/mol. The average Bonchev–Trinajstić information content (AvgIpc) is 0.895. The molecule has 9 amide bonds. The van der Waals surface area contributed by atoms with Crippen LogP contribution in [0.3, 0.4) is 0 Å². The number of ether oxygens (including phenoxy) is 2. The SMILES string of the molecule is Cc1c(-c2ccc(-c3cnc4cccc(C(=O)Nc5nc6ccccc6s5)c4c3)nc2C(=O)O)cnn1CC12CC3(C)CC(C)(C1)CC(OCCN(CCS(=O)(=O)O)C(=O)OCc1ccc(NC(=O)[C@H](CCCNC(N)=O)NC(=O)C(NC(=O)CCCCCN4C(=O)C=CC4=O)C(C)C)cc1)(C3)C2. The molecule has 9 N–H and O–H groups in total. The van der Waals surface area contributed by atoms with Gasteiger partial charge in [0.1, 0.15) is 18.7 Å². The number of primary amides is 1. The Bertz CT molecular complexity index is 4530. The minimum atomic E-state index is -4.52. The Balaban J connectivity index is 0.707. The molecule has 0 saturated heterocycles. The van der Waals surface area contributed by atoms with Gasteiger partial charge in [0, 0.05) is 96.5 Å². The molecular formula is C73H85N13O15S2. The summed E-state index contributed by atoms with van der Waals surface area (Å²) < 4.78 is 49.6. The molecule has 4 fully saturated rings. The predicted molar refractivity (Wildman–Crippen MR) is 384 cm³/mol. The first kappa shape index (κ1) is 74.2. The number of pyridine rings is 2. The molecule has 4 atom stereocenters. The van der Waals surface area contributed by atoms with Gasteiger partial charge in [-0.3, -0.25) is 53.2 Å². The van der Waals surface area contributed by atoms with Gasteiger partial charge in [-0.2, -0.15) is 13.5 Å². The lowest BCUT2D eigenvalue weighted by Crippen LogP contribution is -2.64. The molecule has 103 heavy (non-hydrogen) atoms. The third kappa shape index (κ3) is 18.1. The van der Waals surface area contributed by atoms with E-state index in [-0.39, 0.29) is 97.7 Å². The topological polar surface area (TPSA) is 396 Å². The molecule has 5 heterocycles. The van der Waals surface area contributed by atoms with Crippen LogP contribution in [-0.4, -0.2) is 162 Å². The second-order valence-electron chi connectivity index (χ2n) is 28.7. The van der Waals surface area contributed by atoms with Gasteiger partial charge in [-0.15, -0.1) is 0 Å². The summed E-state index contributed by atoms with van der Waals surface area (Å²) >= 11 is 1.36. The number of nitrogens with zero attached hydrogens (tertiary/aromatic N) is 7. The number of carboxylic acids is 1. The number of fused-ring (bicyclic) bond motifs is 2. The van der Waals surface area contributed by atoms with Gasteiger partial charge in [-0.05, 0) is 153 Å². The lowest BCUT2D eigenvalue weighted by atomic mass is 9.39. The Morgan fingerprint density at radius 2 is 1.51 bits per heavy atom. The standard InChI is InChI=1S/C73H85N13O15S2/c1-44(2)61(82-58(87)18-7-6-10-28-85-59(88)25-26-60(85)89)65(92)80-56(16-12-27-75-67(74)95)64(91)78-48-21-19-46(20-22-48)36-100-69(96)84(30-32-103(97,98)99)29-31-101-73-40-70(4)37-71(5,41-73)39-72(38-70,42-73)43-86-45(3)52(35-77-86)49-23-24-53(79-62(49)66(93)94)47-33-51-50(13-11-15-54(51)76-34-47)63(90)83-68-81-55-14-8-9-17-57(55)102-68/h8-9,11,13-15,17,19-26,33-35,44,56,61H,6-7,10,12,16,18,27-32,36-43H2,1-5H3,(H,78,91)(H,80,92)(H,82,87)(H,93,94)(H3,74,75,95)(H,81,83,90)(H,97,98,99)/t56-,61?,70?,71?,72?,73?/m0/s1. The maximum absolute atomic E-state index is 13.9. The van der Waals surface area contributed by atoms with Crippen LogP contribution in [0, 0.1) is 29.1 Å². The van der Waals surface area contributed by atoms with Crippen molar-refractivity contribution in [1.82, 2.24) is 50.5 Å². The second kappa shape index (κ2) is 30.9. The molecule has 28 nitrogen and oxygen atoms in total. The van der Waals surface area contributed by atoms with Crippen LogP contribution in [-0.2, 0) is 56.7 Å². The summed E-state index contributed by atoms with van der Waals surface area (Å²) in [6.45, 7) is 10.1. The Morgan fingerprint density at radius 1 is 0.786 bits per heavy atom. The summed E-state index contributed by atoms with van der Waals surface area (Å²) in [5.74, 6) is -5.14. The van der Waals surface area contributed by atoms with Crippen molar-refractivity contribution in [2.24, 2.45) is 27.9 Å². The van der Waals surface area contributed by atoms with Crippen molar-refractivity contribution < 1.29 is 70.7 Å². The van der Waals surface area contributed by atoms with Crippen molar-refractivity contribution in [3.05, 3.63) is 132 Å². The van der Waals surface area contributed by atoms with Crippen LogP contribution in [0.15, 0.2) is 109 Å². The zero-order valence-electron chi connectivity index (χ0n) is 58.0. The smallest absolute Gasteiger partial charge is 0.410 e. The number of para-hydroxylation sites is 1. The molecule has 12 rings (SSSR count). The van der Waals surface area contributed by atoms with E-state index in [9.17, 15) is 61.2 Å². The minimum absolute atomic E-state index is 0.0183. The number of carbonyl (C=O) groups is 9. The molecule has 4 bridgehead atoms. The molecule has 30 heteroatoms. The largest absolute Gasteiger partial charge is 0.476 e. The zero-order valence-corrected chi connectivity index (χ0v) is 59.6. The first-order chi connectivity index (χ1) is 49.0. The highest BCUT2D eigenvalue weighted by Crippen LogP contribution is 2.72. The highest BCUT2D eigenvalue weighted by atomic mass is 32.2. The van der Waals surface area contributed by atoms with E-state index in [1.165, 1.54) is 28.4 Å². The number of carbonyl (C=O) groups excluding carboxylic acids is 8. The number of amides is 9. The summed E-state index contributed by atoms with van der Waals surface area (Å²) in [6.07, 6.45) is 11.6. The van der Waals surface area contributed by atoms with Crippen molar-refractivity contribution in [2.75, 3.05) is 49.2 Å². The van der Waals surface area contributed by atoms with Gasteiger partial charge in [-0.1, -0.05) is 75.8 Å². The van der Waals surface area contributed by atoms with E-state index in [1.807, 2.05) is 35.9 Å². The van der Waals surface area contributed by atoms with E-state index >= 15 is 0 Å². The van der Waals surface area contributed by atoms with Crippen LogP contribution in [0.5, 0.6) is 0 Å². The number of anilines is 2. The van der Waals surface area contributed by atoms with E-state index in [1.54, 1.807) is 86.9 Å². The van der Waals surface area contributed by atoms with Gasteiger partial charge in [0.05, 0.1) is 45.6 Å². The number of aromatic carboxylic acids is 1. The van der Waals surface area contributed by atoms with Crippen molar-refractivity contribution in [3.63, 3.8) is 0 Å². The van der Waals surface area contributed by atoms with Crippen molar-refractivity contribution in [3.8, 4) is 22.4 Å². The number of benzene rings is 3. The molecule has 3 aromatic carbocycles. The Kier molecular flexibility index (Phi) is 22.2. The highest BCUT2D eigenvalue weighted by molar-refractivity contribution is 7.85. The number of nitrogens with two attached hydrogens (primary N) is 1. The van der Waals surface area contributed by atoms with E-state index in [4.69, 9.17) is 20.3 Å². The summed E-state index contributed by atoms with van der Waals surface area (Å²) in [4.78, 5) is 133. The molecule has 3 unspecified atom stereocenters. The summed E-state index contributed by atoms with van der Waals surface area (Å²) in [6, 6.07) is 21.5. The number of aromatic nitrogens is 5. The van der Waals surface area contributed by atoms with Gasteiger partial charge in [0.25, 0.3) is 27.8 Å². The van der Waals surface area contributed by atoms with Crippen LogP contribution < -0.4 is 32.3 Å². The lowest BCUT2D eigenvalue weighted by molar-refractivity contribution is -0.248. The predicted octanol–water partition coefficient (Wildman–Crippen LogP) is 9.19. The summed E-state index contributed by atoms with van der Waals surface area (Å²) in [7, 11) is -4.52. The number of thiazole rings is 1. The molecule has 0 radical (unpaired) electrons. The minimum Gasteiger partial charge on any atom is -0.476 e. The lowest BCUT2D eigenvalue weighted by Gasteiger charge is -2.69. The van der Waals surface area contributed by atoms with Crippen LogP contribution in [0.4, 0.5) is 20.4 Å². The fourth-order valence-corrected chi connectivity index (χ4v) is 17.5. The molecule has 544 valence electrons. The number of nitrogens with one attached hydrogen (secondary N) is 5. The summed E-state index contributed by atoms with van der Waals surface area (Å²) in [5, 5.41) is 30.3. The number of hydrogen-bond acceptors (Lipinski definition) is 18. The number of unbranched alkanes of at least 4 members (excludes halogenated alkanes) is 2. The molecule has 5 aliphatic rings. The van der Waals surface area contributed by atoms with Crippen molar-refractivity contribution >= 4 is 107 Å². The fourth-order valence-electron chi connectivity index (χ4n) is 16.2. The quantitative estimate of drug-likeness (QED) is 0.0111. The molecule has 0 spiro atoms. The van der Waals surface area contributed by atoms with Gasteiger partial charge in [0.15, 0.2) is 10.8 Å².